The molecule has 0 spiro atoms. The summed E-state index contributed by atoms with van der Waals surface area (Å²) in [4.78, 5) is 10.8. The van der Waals surface area contributed by atoms with Gasteiger partial charge in [0.05, 0.1) is 30.8 Å². The molecule has 1 aromatic carbocycles. The lowest BCUT2D eigenvalue weighted by molar-refractivity contribution is -0.141. The molecule has 1 N–H and O–H groups in total. The molecule has 1 unspecified atom stereocenters. The number of hydrogen-bond donors (Lipinski definition) is 1. The van der Waals surface area contributed by atoms with E-state index in [1.165, 1.54) is 0 Å². The second-order valence-electron chi connectivity index (χ2n) is 5.80. The van der Waals surface area contributed by atoms with E-state index in [0.717, 1.165) is 5.56 Å². The Morgan fingerprint density at radius 2 is 2.25 bits per heavy atom. The third-order valence-corrected chi connectivity index (χ3v) is 3.73. The lowest BCUT2D eigenvalue weighted by atomic mass is 9.90. The van der Waals surface area contributed by atoms with Crippen LogP contribution < -0.4 is 4.74 Å². The fourth-order valence-electron chi connectivity index (χ4n) is 2.02. The van der Waals surface area contributed by atoms with Gasteiger partial charge in [-0.15, -0.1) is 0 Å². The molecule has 0 saturated carbocycles. The van der Waals surface area contributed by atoms with Gasteiger partial charge in [0.25, 0.3) is 0 Å². The van der Waals surface area contributed by atoms with Crippen LogP contribution in [0.5, 0.6) is 5.75 Å². The lowest BCUT2D eigenvalue weighted by Gasteiger charge is -2.37. The largest absolute Gasteiger partial charge is 0.491 e. The van der Waals surface area contributed by atoms with Crippen molar-refractivity contribution < 1.29 is 19.4 Å². The summed E-state index contributed by atoms with van der Waals surface area (Å²) in [6.07, 6.45) is 0.459. The second-order valence-corrected chi connectivity index (χ2v) is 6.21. The van der Waals surface area contributed by atoms with Gasteiger partial charge >= 0.3 is 5.97 Å². The van der Waals surface area contributed by atoms with E-state index in [1.54, 1.807) is 19.1 Å². The molecule has 0 amide bonds. The van der Waals surface area contributed by atoms with Gasteiger partial charge in [-0.05, 0) is 24.1 Å². The minimum Gasteiger partial charge on any atom is -0.491 e. The zero-order valence-electron chi connectivity index (χ0n) is 11.7. The predicted molar refractivity (Wildman–Crippen MR) is 76.4 cm³/mol. The minimum absolute atomic E-state index is 0.0693. The number of carboxylic acid groups (broad SMARTS) is 1. The lowest BCUT2D eigenvalue weighted by Crippen LogP contribution is -2.44. The number of ether oxygens (including phenoxy) is 2. The first kappa shape index (κ1) is 15.1. The monoisotopic (exact) mass is 298 g/mol. The molecule has 0 radical (unpaired) electrons. The third-order valence-electron chi connectivity index (χ3n) is 3.44. The van der Waals surface area contributed by atoms with Gasteiger partial charge in [-0.25, -0.2) is 0 Å². The Kier molecular flexibility index (Phi) is 4.55. The molecule has 1 aromatic rings. The average Bonchev–Trinajstić information content (AvgIpc) is 2.35. The van der Waals surface area contributed by atoms with Crippen molar-refractivity contribution in [2.45, 2.75) is 20.3 Å². The average molecular weight is 299 g/mol. The van der Waals surface area contributed by atoms with Crippen LogP contribution in [-0.4, -0.2) is 30.9 Å². The highest BCUT2D eigenvalue weighted by Crippen LogP contribution is 2.31. The van der Waals surface area contributed by atoms with Crippen molar-refractivity contribution >= 4 is 17.6 Å². The summed E-state index contributed by atoms with van der Waals surface area (Å²) < 4.78 is 10.9. The SMILES string of the molecule is CC(Cc1ccc(OCC2(C)COC2)c(Cl)c1)C(=O)O. The molecular weight excluding hydrogens is 280 g/mol. The molecule has 1 aliphatic heterocycles. The van der Waals surface area contributed by atoms with Gasteiger partial charge in [0.2, 0.25) is 0 Å². The van der Waals surface area contributed by atoms with Gasteiger partial charge in [-0.1, -0.05) is 31.5 Å². The van der Waals surface area contributed by atoms with E-state index in [1.807, 2.05) is 6.07 Å². The van der Waals surface area contributed by atoms with E-state index in [2.05, 4.69) is 6.92 Å². The summed E-state index contributed by atoms with van der Waals surface area (Å²) in [5.74, 6) is -0.602. The fourth-order valence-corrected chi connectivity index (χ4v) is 2.27. The minimum atomic E-state index is -0.806. The standard InChI is InChI=1S/C15H19ClO4/c1-10(14(17)18)5-11-3-4-13(12(16)6-11)20-9-15(2)7-19-8-15/h3-4,6,10H,5,7-9H2,1-2H3,(H,17,18). The van der Waals surface area contributed by atoms with Crippen LogP contribution in [-0.2, 0) is 16.0 Å². The Balaban J connectivity index is 1.96. The first-order chi connectivity index (χ1) is 9.39. The van der Waals surface area contributed by atoms with Crippen LogP contribution in [0.15, 0.2) is 18.2 Å². The topological polar surface area (TPSA) is 55.8 Å². The molecule has 1 saturated heterocycles. The summed E-state index contributed by atoms with van der Waals surface area (Å²) in [6, 6.07) is 5.44. The molecule has 20 heavy (non-hydrogen) atoms. The molecule has 4 nitrogen and oxygen atoms in total. The Bertz CT molecular complexity index is 497. The van der Waals surface area contributed by atoms with E-state index >= 15 is 0 Å². The van der Waals surface area contributed by atoms with Gasteiger partial charge in [0.15, 0.2) is 0 Å². The van der Waals surface area contributed by atoms with Crippen LogP contribution in [0, 0.1) is 11.3 Å². The first-order valence-electron chi connectivity index (χ1n) is 6.61. The molecule has 1 heterocycles. The highest BCUT2D eigenvalue weighted by atomic mass is 35.5. The Labute approximate surface area is 123 Å². The number of aliphatic carboxylic acids is 1. The predicted octanol–water partition coefficient (Wildman–Crippen LogP) is 3.02. The van der Waals surface area contributed by atoms with Gasteiger partial charge in [-0.3, -0.25) is 4.79 Å². The molecule has 0 bridgehead atoms. The number of benzene rings is 1. The van der Waals surface area contributed by atoms with Crippen LogP contribution in [0.4, 0.5) is 0 Å². The third kappa shape index (κ3) is 3.64. The van der Waals surface area contributed by atoms with Crippen molar-refractivity contribution in [3.63, 3.8) is 0 Å². The summed E-state index contributed by atoms with van der Waals surface area (Å²) in [5.41, 5.74) is 0.968. The van der Waals surface area contributed by atoms with Gasteiger partial charge in [0.1, 0.15) is 5.75 Å². The van der Waals surface area contributed by atoms with Crippen LogP contribution in [0.1, 0.15) is 19.4 Å². The molecule has 0 aromatic heterocycles. The van der Waals surface area contributed by atoms with Crippen LogP contribution in [0.3, 0.4) is 0 Å². The van der Waals surface area contributed by atoms with Crippen LogP contribution in [0.25, 0.3) is 0 Å². The van der Waals surface area contributed by atoms with Gasteiger partial charge in [-0.2, -0.15) is 0 Å². The van der Waals surface area contributed by atoms with Crippen LogP contribution >= 0.6 is 11.6 Å². The molecule has 110 valence electrons. The second kappa shape index (κ2) is 6.02. The molecule has 5 heteroatoms. The molecule has 2 rings (SSSR count). The normalized spacial score (nSPS) is 18.1. The van der Waals surface area contributed by atoms with E-state index in [9.17, 15) is 4.79 Å². The van der Waals surface area contributed by atoms with Crippen molar-refractivity contribution in [1.29, 1.82) is 0 Å². The fraction of sp³-hybridized carbons (Fsp3) is 0.533. The molecule has 1 atom stereocenters. The molecule has 0 aliphatic carbocycles. The zero-order chi connectivity index (χ0) is 14.8. The van der Waals surface area contributed by atoms with Gasteiger partial charge in [0, 0.05) is 5.41 Å². The number of rotatable bonds is 6. The Morgan fingerprint density at radius 3 is 2.75 bits per heavy atom. The maximum absolute atomic E-state index is 10.8. The molecular formula is C15H19ClO4. The summed E-state index contributed by atoms with van der Waals surface area (Å²) in [6.45, 7) is 5.76. The van der Waals surface area contributed by atoms with Crippen molar-refractivity contribution in [2.75, 3.05) is 19.8 Å². The maximum Gasteiger partial charge on any atom is 0.306 e. The summed E-state index contributed by atoms with van der Waals surface area (Å²) >= 11 is 6.18. The summed E-state index contributed by atoms with van der Waals surface area (Å²) in [7, 11) is 0. The van der Waals surface area contributed by atoms with Gasteiger partial charge < -0.3 is 14.6 Å². The molecule has 1 fully saturated rings. The van der Waals surface area contributed by atoms with Crippen molar-refractivity contribution in [3.05, 3.63) is 28.8 Å². The van der Waals surface area contributed by atoms with E-state index in [0.29, 0.717) is 37.0 Å². The van der Waals surface area contributed by atoms with Crippen molar-refractivity contribution in [1.82, 2.24) is 0 Å². The van der Waals surface area contributed by atoms with E-state index < -0.39 is 11.9 Å². The quantitative estimate of drug-likeness (QED) is 0.877. The number of carbonyl (C=O) groups is 1. The summed E-state index contributed by atoms with van der Waals surface area (Å²) in [5, 5.41) is 9.42. The Morgan fingerprint density at radius 1 is 1.55 bits per heavy atom. The highest BCUT2D eigenvalue weighted by Gasteiger charge is 2.34. The van der Waals surface area contributed by atoms with Crippen LogP contribution in [0.2, 0.25) is 5.02 Å². The van der Waals surface area contributed by atoms with Crippen molar-refractivity contribution in [3.8, 4) is 5.75 Å². The van der Waals surface area contributed by atoms with Crippen molar-refractivity contribution in [2.24, 2.45) is 11.3 Å². The smallest absolute Gasteiger partial charge is 0.306 e. The first-order valence-corrected chi connectivity index (χ1v) is 6.99. The number of halogens is 1. The highest BCUT2D eigenvalue weighted by molar-refractivity contribution is 6.32. The van der Waals surface area contributed by atoms with E-state index in [4.69, 9.17) is 26.2 Å². The number of carboxylic acids is 1. The Hall–Kier alpha value is -1.26. The molecule has 1 aliphatic rings. The number of hydrogen-bond acceptors (Lipinski definition) is 3. The van der Waals surface area contributed by atoms with E-state index in [-0.39, 0.29) is 5.41 Å². The zero-order valence-corrected chi connectivity index (χ0v) is 12.4. The maximum atomic E-state index is 10.8.